The van der Waals surface area contributed by atoms with Crippen LogP contribution < -0.4 is 5.32 Å². The maximum Gasteiger partial charge on any atom is 0.254 e. The highest BCUT2D eigenvalue weighted by molar-refractivity contribution is 5.93. The molecule has 2 heterocycles. The van der Waals surface area contributed by atoms with Gasteiger partial charge in [0, 0.05) is 6.20 Å². The first-order valence-corrected chi connectivity index (χ1v) is 7.62. The Balaban J connectivity index is 1.70. The molecule has 1 aromatic carbocycles. The van der Waals surface area contributed by atoms with Crippen LogP contribution in [-0.2, 0) is 5.60 Å². The van der Waals surface area contributed by atoms with Crippen LogP contribution in [0.3, 0.4) is 0 Å². The van der Waals surface area contributed by atoms with Gasteiger partial charge in [-0.3, -0.25) is 4.79 Å². The van der Waals surface area contributed by atoms with Gasteiger partial charge in [-0.05, 0) is 37.6 Å². The van der Waals surface area contributed by atoms with E-state index in [2.05, 4.69) is 10.4 Å². The van der Waals surface area contributed by atoms with E-state index in [9.17, 15) is 9.90 Å². The Morgan fingerprint density at radius 3 is 2.83 bits per heavy atom. The molecule has 0 bridgehead atoms. The summed E-state index contributed by atoms with van der Waals surface area (Å²) in [6.07, 6.45) is 4.65. The number of aryl methyl sites for hydroxylation is 1. The van der Waals surface area contributed by atoms with E-state index in [-0.39, 0.29) is 12.5 Å². The predicted octanol–water partition coefficient (Wildman–Crippen LogP) is 2.41. The number of para-hydroxylation sites is 1. The predicted molar refractivity (Wildman–Crippen MR) is 88.9 cm³/mol. The molecule has 0 fully saturated rings. The minimum absolute atomic E-state index is 0.0366. The zero-order valence-electron chi connectivity index (χ0n) is 13.6. The lowest BCUT2D eigenvalue weighted by atomic mass is 10.0. The van der Waals surface area contributed by atoms with Crippen molar-refractivity contribution >= 4 is 5.91 Å². The fourth-order valence-electron chi connectivity index (χ4n) is 2.42. The number of aromatic nitrogens is 2. The Labute approximate surface area is 139 Å². The molecule has 6 heteroatoms. The van der Waals surface area contributed by atoms with Gasteiger partial charge in [0.1, 0.15) is 11.4 Å². The van der Waals surface area contributed by atoms with Crippen LogP contribution in [0.15, 0.2) is 59.5 Å². The van der Waals surface area contributed by atoms with Gasteiger partial charge in [-0.2, -0.15) is 5.10 Å². The van der Waals surface area contributed by atoms with Crippen LogP contribution in [-0.4, -0.2) is 27.3 Å². The molecule has 0 aliphatic heterocycles. The summed E-state index contributed by atoms with van der Waals surface area (Å²) in [5, 5.41) is 17.3. The van der Waals surface area contributed by atoms with E-state index in [1.165, 1.54) is 12.5 Å². The van der Waals surface area contributed by atoms with E-state index < -0.39 is 5.60 Å². The molecule has 3 rings (SSSR count). The number of carbonyl (C=O) groups excluding carboxylic acids is 1. The second-order valence-corrected chi connectivity index (χ2v) is 5.89. The van der Waals surface area contributed by atoms with Crippen molar-refractivity contribution in [2.45, 2.75) is 19.4 Å². The van der Waals surface area contributed by atoms with Crippen LogP contribution in [0.5, 0.6) is 0 Å². The second kappa shape index (κ2) is 6.33. The smallest absolute Gasteiger partial charge is 0.254 e. The van der Waals surface area contributed by atoms with Gasteiger partial charge in [0.05, 0.1) is 30.3 Å². The summed E-state index contributed by atoms with van der Waals surface area (Å²) < 4.78 is 6.86. The Morgan fingerprint density at radius 2 is 2.12 bits per heavy atom. The van der Waals surface area contributed by atoms with Crippen LogP contribution >= 0.6 is 0 Å². The van der Waals surface area contributed by atoms with Gasteiger partial charge in [-0.1, -0.05) is 18.2 Å². The number of nitrogens with one attached hydrogen (secondary N) is 1. The van der Waals surface area contributed by atoms with Crippen LogP contribution in [0.25, 0.3) is 5.69 Å². The molecule has 0 aliphatic carbocycles. The van der Waals surface area contributed by atoms with Crippen molar-refractivity contribution in [2.24, 2.45) is 0 Å². The highest BCUT2D eigenvalue weighted by Gasteiger charge is 2.27. The molecule has 0 saturated heterocycles. The van der Waals surface area contributed by atoms with E-state index in [1.807, 2.05) is 31.2 Å². The molecule has 0 aliphatic rings. The fourth-order valence-corrected chi connectivity index (χ4v) is 2.42. The minimum atomic E-state index is -1.27. The largest absolute Gasteiger partial charge is 0.466 e. The first-order chi connectivity index (χ1) is 11.5. The average Bonchev–Trinajstić information content (AvgIpc) is 3.25. The number of hydrogen-bond acceptors (Lipinski definition) is 4. The number of hydrogen-bond donors (Lipinski definition) is 2. The van der Waals surface area contributed by atoms with Crippen LogP contribution in [0.2, 0.25) is 0 Å². The normalized spacial score (nSPS) is 13.5. The Morgan fingerprint density at radius 1 is 1.33 bits per heavy atom. The molecule has 1 unspecified atom stereocenters. The summed E-state index contributed by atoms with van der Waals surface area (Å²) in [6.45, 7) is 3.61. The monoisotopic (exact) mass is 325 g/mol. The Bertz CT molecular complexity index is 835. The lowest BCUT2D eigenvalue weighted by Crippen LogP contribution is -2.38. The molecule has 0 saturated carbocycles. The van der Waals surface area contributed by atoms with Crippen LogP contribution in [0.1, 0.15) is 28.6 Å². The first kappa shape index (κ1) is 16.0. The number of aliphatic hydroxyl groups is 1. The standard InChI is InChI=1S/C18H19N3O3/c1-13-6-3-4-7-15(13)21-11-14(10-20-21)17(22)19-12-18(2,23)16-8-5-9-24-16/h3-11,23H,12H2,1-2H3,(H,19,22). The number of rotatable bonds is 5. The topological polar surface area (TPSA) is 80.3 Å². The van der Waals surface area contributed by atoms with Crippen molar-refractivity contribution in [3.63, 3.8) is 0 Å². The van der Waals surface area contributed by atoms with Crippen molar-refractivity contribution in [1.29, 1.82) is 0 Å². The molecule has 0 radical (unpaired) electrons. The molecule has 2 aromatic heterocycles. The van der Waals surface area contributed by atoms with Gasteiger partial charge in [0.25, 0.3) is 5.91 Å². The second-order valence-electron chi connectivity index (χ2n) is 5.89. The lowest BCUT2D eigenvalue weighted by molar-refractivity contribution is 0.0330. The maximum atomic E-state index is 12.3. The average molecular weight is 325 g/mol. The Hall–Kier alpha value is -2.86. The van der Waals surface area contributed by atoms with Crippen LogP contribution in [0.4, 0.5) is 0 Å². The molecule has 1 amide bonds. The zero-order valence-corrected chi connectivity index (χ0v) is 13.6. The summed E-state index contributed by atoms with van der Waals surface area (Å²) in [5.41, 5.74) is 1.13. The quantitative estimate of drug-likeness (QED) is 0.755. The van der Waals surface area contributed by atoms with Gasteiger partial charge >= 0.3 is 0 Å². The van der Waals surface area contributed by atoms with Gasteiger partial charge in [0.15, 0.2) is 0 Å². The third-order valence-corrected chi connectivity index (χ3v) is 3.85. The molecule has 6 nitrogen and oxygen atoms in total. The fraction of sp³-hybridized carbons (Fsp3) is 0.222. The van der Waals surface area contributed by atoms with Crippen molar-refractivity contribution < 1.29 is 14.3 Å². The number of carbonyl (C=O) groups is 1. The third-order valence-electron chi connectivity index (χ3n) is 3.85. The number of nitrogens with zero attached hydrogens (tertiary/aromatic N) is 2. The lowest BCUT2D eigenvalue weighted by Gasteiger charge is -2.20. The van der Waals surface area contributed by atoms with E-state index >= 15 is 0 Å². The zero-order chi connectivity index (χ0) is 17.2. The summed E-state index contributed by atoms with van der Waals surface area (Å²) in [6, 6.07) is 11.2. The van der Waals surface area contributed by atoms with Crippen molar-refractivity contribution in [2.75, 3.05) is 6.54 Å². The number of amides is 1. The van der Waals surface area contributed by atoms with Crippen molar-refractivity contribution in [3.8, 4) is 5.69 Å². The minimum Gasteiger partial charge on any atom is -0.466 e. The van der Waals surface area contributed by atoms with Gasteiger partial charge < -0.3 is 14.8 Å². The molecular weight excluding hydrogens is 306 g/mol. The number of benzene rings is 1. The van der Waals surface area contributed by atoms with E-state index in [4.69, 9.17) is 4.42 Å². The summed E-state index contributed by atoms with van der Waals surface area (Å²) in [5.74, 6) is 0.0973. The highest BCUT2D eigenvalue weighted by atomic mass is 16.4. The molecule has 3 aromatic rings. The summed E-state index contributed by atoms with van der Waals surface area (Å²) >= 11 is 0. The van der Waals surface area contributed by atoms with Gasteiger partial charge in [-0.25, -0.2) is 4.68 Å². The molecule has 2 N–H and O–H groups in total. The highest BCUT2D eigenvalue weighted by Crippen LogP contribution is 2.20. The summed E-state index contributed by atoms with van der Waals surface area (Å²) in [7, 11) is 0. The Kier molecular flexibility index (Phi) is 4.22. The maximum absolute atomic E-state index is 12.3. The first-order valence-electron chi connectivity index (χ1n) is 7.62. The molecule has 0 spiro atoms. The van der Waals surface area contributed by atoms with Gasteiger partial charge in [-0.15, -0.1) is 0 Å². The van der Waals surface area contributed by atoms with Crippen molar-refractivity contribution in [3.05, 3.63) is 71.9 Å². The van der Waals surface area contributed by atoms with E-state index in [1.54, 1.807) is 29.9 Å². The summed E-state index contributed by atoms with van der Waals surface area (Å²) in [4.78, 5) is 12.3. The third kappa shape index (κ3) is 3.23. The number of furan rings is 1. The van der Waals surface area contributed by atoms with Gasteiger partial charge in [0.2, 0.25) is 0 Å². The molecular formula is C18H19N3O3. The van der Waals surface area contributed by atoms with E-state index in [0.717, 1.165) is 11.3 Å². The van der Waals surface area contributed by atoms with Crippen molar-refractivity contribution in [1.82, 2.24) is 15.1 Å². The molecule has 24 heavy (non-hydrogen) atoms. The molecule has 124 valence electrons. The molecule has 1 atom stereocenters. The SMILES string of the molecule is Cc1ccccc1-n1cc(C(=O)NCC(C)(O)c2ccco2)cn1. The van der Waals surface area contributed by atoms with E-state index in [0.29, 0.717) is 11.3 Å². The van der Waals surface area contributed by atoms with Crippen LogP contribution in [0, 0.1) is 6.92 Å².